The van der Waals surface area contributed by atoms with Gasteiger partial charge in [0.15, 0.2) is 0 Å². The molecule has 1 heterocycles. The normalized spacial score (nSPS) is 24.7. The average Bonchev–Trinajstić information content (AvgIpc) is 2.30. The Morgan fingerprint density at radius 3 is 2.69 bits per heavy atom. The quantitative estimate of drug-likeness (QED) is 0.566. The van der Waals surface area contributed by atoms with Crippen molar-refractivity contribution in [2.24, 2.45) is 0 Å². The van der Waals surface area contributed by atoms with Gasteiger partial charge in [-0.2, -0.15) is 0 Å². The van der Waals surface area contributed by atoms with Gasteiger partial charge in [-0.05, 0) is 5.56 Å². The van der Waals surface area contributed by atoms with Crippen molar-refractivity contribution in [3.8, 4) is 0 Å². The molecule has 0 aliphatic carbocycles. The fourth-order valence-electron chi connectivity index (χ4n) is 2.14. The number of carbonyl (C=O) groups is 1. The molecule has 2 rings (SSSR count). The zero-order valence-corrected chi connectivity index (χ0v) is 11.0. The van der Waals surface area contributed by atoms with Gasteiger partial charge in [-0.3, -0.25) is 4.79 Å². The number of nitrogens with zero attached hydrogens (tertiary/aromatic N) is 1. The van der Waals surface area contributed by atoms with Crippen LogP contribution in [0.25, 0.3) is 0 Å². The van der Waals surface area contributed by atoms with Gasteiger partial charge in [0, 0.05) is 0 Å². The fourth-order valence-corrected chi connectivity index (χ4v) is 2.14. The highest BCUT2D eigenvalue weighted by atomic mass is 79.9. The van der Waals surface area contributed by atoms with Gasteiger partial charge in [0.1, 0.15) is 12.6 Å². The summed E-state index contributed by atoms with van der Waals surface area (Å²) >= 11 is 0. The Balaban J connectivity index is 0.00000128. The SMILES string of the molecule is C[NH+]1CCN(C=O)C(c2ccccc2)C1.[Br-]. The lowest BCUT2D eigenvalue weighted by Crippen LogP contribution is -3.12. The molecule has 0 saturated carbocycles. The van der Waals surface area contributed by atoms with E-state index < -0.39 is 0 Å². The van der Waals surface area contributed by atoms with E-state index in [4.69, 9.17) is 0 Å². The van der Waals surface area contributed by atoms with Gasteiger partial charge < -0.3 is 26.8 Å². The van der Waals surface area contributed by atoms with Gasteiger partial charge in [0.25, 0.3) is 0 Å². The van der Waals surface area contributed by atoms with E-state index in [1.54, 1.807) is 0 Å². The number of quaternary nitrogens is 1. The minimum absolute atomic E-state index is 0. The summed E-state index contributed by atoms with van der Waals surface area (Å²) in [4.78, 5) is 14.4. The van der Waals surface area contributed by atoms with Crippen molar-refractivity contribution < 1.29 is 26.7 Å². The molecule has 0 spiro atoms. The third kappa shape index (κ3) is 2.83. The van der Waals surface area contributed by atoms with Gasteiger partial charge in [-0.1, -0.05) is 30.3 Å². The molecule has 88 valence electrons. The predicted molar refractivity (Wildman–Crippen MR) is 58.6 cm³/mol. The molecule has 1 aliphatic heterocycles. The Morgan fingerprint density at radius 2 is 2.06 bits per heavy atom. The first-order valence-corrected chi connectivity index (χ1v) is 5.38. The molecule has 0 aromatic heterocycles. The highest BCUT2D eigenvalue weighted by Crippen LogP contribution is 2.18. The number of nitrogens with one attached hydrogen (secondary N) is 1. The summed E-state index contributed by atoms with van der Waals surface area (Å²) in [6.45, 7) is 2.90. The minimum atomic E-state index is 0. The van der Waals surface area contributed by atoms with Crippen LogP contribution in [0.4, 0.5) is 0 Å². The molecule has 1 aromatic rings. The lowest BCUT2D eigenvalue weighted by Gasteiger charge is -2.35. The highest BCUT2D eigenvalue weighted by molar-refractivity contribution is 5.49. The van der Waals surface area contributed by atoms with Crippen LogP contribution in [-0.4, -0.2) is 38.0 Å². The van der Waals surface area contributed by atoms with Crippen LogP contribution >= 0.6 is 0 Å². The maximum Gasteiger partial charge on any atom is 0.210 e. The second-order valence-electron chi connectivity index (χ2n) is 4.18. The number of piperazine rings is 1. The Kier molecular flexibility index (Phi) is 4.96. The molecular formula is C12H17BrN2O. The molecule has 1 amide bonds. The highest BCUT2D eigenvalue weighted by Gasteiger charge is 2.27. The summed E-state index contributed by atoms with van der Waals surface area (Å²) in [6, 6.07) is 10.5. The fraction of sp³-hybridized carbons (Fsp3) is 0.417. The number of carbonyl (C=O) groups excluding carboxylic acids is 1. The predicted octanol–water partition coefficient (Wildman–Crippen LogP) is -3.28. The molecule has 2 atom stereocenters. The summed E-state index contributed by atoms with van der Waals surface area (Å²) in [5, 5.41) is 0. The van der Waals surface area contributed by atoms with Crippen molar-refractivity contribution in [1.29, 1.82) is 0 Å². The van der Waals surface area contributed by atoms with Crippen molar-refractivity contribution >= 4 is 6.41 Å². The van der Waals surface area contributed by atoms with Crippen LogP contribution in [0.3, 0.4) is 0 Å². The second kappa shape index (κ2) is 6.01. The number of rotatable bonds is 2. The summed E-state index contributed by atoms with van der Waals surface area (Å²) in [7, 11) is 2.18. The van der Waals surface area contributed by atoms with Crippen molar-refractivity contribution in [2.75, 3.05) is 26.7 Å². The molecule has 1 saturated heterocycles. The molecule has 1 fully saturated rings. The molecule has 16 heavy (non-hydrogen) atoms. The minimum Gasteiger partial charge on any atom is -1.00 e. The topological polar surface area (TPSA) is 24.8 Å². The Labute approximate surface area is 107 Å². The van der Waals surface area contributed by atoms with Gasteiger partial charge >= 0.3 is 0 Å². The largest absolute Gasteiger partial charge is 1.00 e. The first-order chi connectivity index (χ1) is 7.31. The van der Waals surface area contributed by atoms with Crippen molar-refractivity contribution in [2.45, 2.75) is 6.04 Å². The smallest absolute Gasteiger partial charge is 0.210 e. The monoisotopic (exact) mass is 284 g/mol. The van der Waals surface area contributed by atoms with E-state index >= 15 is 0 Å². The van der Waals surface area contributed by atoms with Crippen LogP contribution in [0.5, 0.6) is 0 Å². The number of benzene rings is 1. The Morgan fingerprint density at radius 1 is 1.38 bits per heavy atom. The molecule has 1 N–H and O–H groups in total. The maximum absolute atomic E-state index is 11.0. The summed E-state index contributed by atoms with van der Waals surface area (Å²) in [6.07, 6.45) is 0.976. The lowest BCUT2D eigenvalue weighted by atomic mass is 10.0. The van der Waals surface area contributed by atoms with Crippen LogP contribution in [-0.2, 0) is 4.79 Å². The molecule has 1 aliphatic rings. The van der Waals surface area contributed by atoms with E-state index in [1.807, 2.05) is 23.1 Å². The van der Waals surface area contributed by atoms with Crippen LogP contribution < -0.4 is 21.9 Å². The van der Waals surface area contributed by atoms with Crippen LogP contribution in [0.2, 0.25) is 0 Å². The Bertz CT molecular complexity index is 331. The van der Waals surface area contributed by atoms with Crippen LogP contribution in [0, 0.1) is 0 Å². The number of halogens is 1. The van der Waals surface area contributed by atoms with Gasteiger partial charge in [0.05, 0.1) is 20.1 Å². The number of amides is 1. The van der Waals surface area contributed by atoms with Crippen LogP contribution in [0.1, 0.15) is 11.6 Å². The second-order valence-corrected chi connectivity index (χ2v) is 4.18. The standard InChI is InChI=1S/C12H16N2O.BrH/c1-13-7-8-14(10-15)12(9-13)11-5-3-2-4-6-11;/h2-6,10,12H,7-9H2,1H3;1H. The van der Waals surface area contributed by atoms with E-state index in [1.165, 1.54) is 10.5 Å². The van der Waals surface area contributed by atoms with Crippen molar-refractivity contribution in [3.05, 3.63) is 35.9 Å². The van der Waals surface area contributed by atoms with E-state index in [2.05, 4.69) is 19.2 Å². The van der Waals surface area contributed by atoms with E-state index in [0.29, 0.717) is 0 Å². The van der Waals surface area contributed by atoms with E-state index in [9.17, 15) is 4.79 Å². The molecule has 0 radical (unpaired) electrons. The van der Waals surface area contributed by atoms with E-state index in [0.717, 1.165) is 26.0 Å². The third-order valence-electron chi connectivity index (χ3n) is 3.06. The summed E-state index contributed by atoms with van der Waals surface area (Å²) < 4.78 is 0. The maximum atomic E-state index is 11.0. The molecule has 0 bridgehead atoms. The van der Waals surface area contributed by atoms with Gasteiger partial charge in [-0.15, -0.1) is 0 Å². The Hall–Kier alpha value is -0.870. The van der Waals surface area contributed by atoms with Crippen molar-refractivity contribution in [3.63, 3.8) is 0 Å². The van der Waals surface area contributed by atoms with Gasteiger partial charge in [0.2, 0.25) is 6.41 Å². The summed E-state index contributed by atoms with van der Waals surface area (Å²) in [5.41, 5.74) is 1.24. The van der Waals surface area contributed by atoms with Gasteiger partial charge in [-0.25, -0.2) is 0 Å². The third-order valence-corrected chi connectivity index (χ3v) is 3.06. The zero-order chi connectivity index (χ0) is 10.7. The van der Waals surface area contributed by atoms with E-state index in [-0.39, 0.29) is 23.0 Å². The summed E-state index contributed by atoms with van der Waals surface area (Å²) in [5.74, 6) is 0. The number of hydrogen-bond donors (Lipinski definition) is 1. The lowest BCUT2D eigenvalue weighted by molar-refractivity contribution is -0.887. The molecule has 1 aromatic carbocycles. The average molecular weight is 285 g/mol. The van der Waals surface area contributed by atoms with Crippen LogP contribution in [0.15, 0.2) is 30.3 Å². The van der Waals surface area contributed by atoms with Crippen molar-refractivity contribution in [1.82, 2.24) is 4.90 Å². The zero-order valence-electron chi connectivity index (χ0n) is 9.40. The first-order valence-electron chi connectivity index (χ1n) is 5.38. The number of likely N-dealkylation sites (N-methyl/N-ethyl adjacent to an activating group) is 1. The molecular weight excluding hydrogens is 268 g/mol. The first kappa shape index (κ1) is 13.2. The number of hydrogen-bond acceptors (Lipinski definition) is 1. The molecule has 4 heteroatoms. The molecule has 3 nitrogen and oxygen atoms in total. The molecule has 2 unspecified atom stereocenters.